The van der Waals surface area contributed by atoms with Crippen LogP contribution in [0.2, 0.25) is 19.6 Å². The van der Waals surface area contributed by atoms with Gasteiger partial charge in [-0.3, -0.25) is 0 Å². The van der Waals surface area contributed by atoms with E-state index in [1.165, 1.54) is 0 Å². The van der Waals surface area contributed by atoms with Gasteiger partial charge >= 0.3 is 18.9 Å². The molecule has 0 rings (SSSR count). The summed E-state index contributed by atoms with van der Waals surface area (Å²) < 4.78 is 5.67. The van der Waals surface area contributed by atoms with Gasteiger partial charge in [-0.05, 0) is 32.0 Å². The quantitative estimate of drug-likeness (QED) is 0.585. The second kappa shape index (κ2) is 4.72. The molecule has 0 aromatic carbocycles. The van der Waals surface area contributed by atoms with Crippen LogP contribution < -0.4 is 0 Å². The Hall–Kier alpha value is 0.774. The third-order valence-corrected chi connectivity index (χ3v) is 1.91. The van der Waals surface area contributed by atoms with Gasteiger partial charge in [0.2, 0.25) is 0 Å². The van der Waals surface area contributed by atoms with E-state index in [0.29, 0.717) is 0 Å². The van der Waals surface area contributed by atoms with E-state index in [2.05, 4.69) is 40.4 Å². The first-order valence-electron chi connectivity index (χ1n) is 3.70. The van der Waals surface area contributed by atoms with Crippen LogP contribution in [0.25, 0.3) is 0 Å². The zero-order chi connectivity index (χ0) is 8.41. The Labute approximate surface area is 84.2 Å². The molecule has 0 amide bonds. The van der Waals surface area contributed by atoms with E-state index in [1.54, 1.807) is 0 Å². The van der Waals surface area contributed by atoms with E-state index in [-0.39, 0.29) is 24.3 Å². The predicted molar refractivity (Wildman–Crippen MR) is 55.6 cm³/mol. The van der Waals surface area contributed by atoms with Crippen molar-refractivity contribution in [3.05, 3.63) is 6.92 Å². The number of hydrogen-bond acceptors (Lipinski definition) is 1. The molecule has 3 heteroatoms. The SMILES string of the molecule is [CH2]C(C)(C)CO[Si](C)(C)C.[LiH]. The van der Waals surface area contributed by atoms with Crippen LogP contribution in [-0.4, -0.2) is 33.8 Å². The first-order chi connectivity index (χ1) is 4.21. The van der Waals surface area contributed by atoms with Crippen molar-refractivity contribution in [3.63, 3.8) is 0 Å². The monoisotopic (exact) mass is 167 g/mol. The number of rotatable bonds is 3. The molecule has 0 aliphatic carbocycles. The molecular formula is C8H20LiOSi. The van der Waals surface area contributed by atoms with Crippen LogP contribution in [0.4, 0.5) is 0 Å². The van der Waals surface area contributed by atoms with Crippen molar-refractivity contribution in [3.8, 4) is 0 Å². The van der Waals surface area contributed by atoms with E-state index in [0.717, 1.165) is 6.61 Å². The van der Waals surface area contributed by atoms with Crippen molar-refractivity contribution in [1.29, 1.82) is 0 Å². The molecule has 0 saturated heterocycles. The summed E-state index contributed by atoms with van der Waals surface area (Å²) in [7, 11) is -1.31. The molecule has 1 nitrogen and oxygen atoms in total. The molecule has 0 aliphatic heterocycles. The molecule has 11 heavy (non-hydrogen) atoms. The van der Waals surface area contributed by atoms with Gasteiger partial charge in [-0.1, -0.05) is 13.8 Å². The van der Waals surface area contributed by atoms with Crippen molar-refractivity contribution in [2.45, 2.75) is 33.5 Å². The summed E-state index contributed by atoms with van der Waals surface area (Å²) in [5, 5.41) is 0. The maximum absolute atomic E-state index is 5.67. The van der Waals surface area contributed by atoms with E-state index >= 15 is 0 Å². The third kappa shape index (κ3) is 13.7. The van der Waals surface area contributed by atoms with Crippen LogP contribution in [0.15, 0.2) is 0 Å². The van der Waals surface area contributed by atoms with Gasteiger partial charge in [0, 0.05) is 6.61 Å². The average Bonchev–Trinajstić information content (AvgIpc) is 1.57. The molecule has 0 aromatic heterocycles. The van der Waals surface area contributed by atoms with Gasteiger partial charge in [0.05, 0.1) is 0 Å². The van der Waals surface area contributed by atoms with Crippen LogP contribution >= 0.6 is 0 Å². The molecule has 0 atom stereocenters. The average molecular weight is 167 g/mol. The fraction of sp³-hybridized carbons (Fsp3) is 0.875. The molecule has 0 aromatic rings. The Morgan fingerprint density at radius 2 is 1.64 bits per heavy atom. The standard InChI is InChI=1S/C8H19OSi.Li.H/c1-8(2,3)7-9-10(4,5)6;;/h1,7H2,2-6H3;;. The zero-order valence-electron chi connectivity index (χ0n) is 7.82. The maximum atomic E-state index is 5.67. The minimum absolute atomic E-state index is 0. The number of hydrogen-bond donors (Lipinski definition) is 0. The van der Waals surface area contributed by atoms with Crippen molar-refractivity contribution in [2.24, 2.45) is 5.41 Å². The Morgan fingerprint density at radius 3 is 1.73 bits per heavy atom. The van der Waals surface area contributed by atoms with Gasteiger partial charge in [-0.2, -0.15) is 0 Å². The molecule has 0 aliphatic rings. The van der Waals surface area contributed by atoms with Crippen LogP contribution in [0.1, 0.15) is 13.8 Å². The van der Waals surface area contributed by atoms with Crippen LogP contribution in [0, 0.1) is 12.3 Å². The minimum atomic E-state index is -1.31. The first kappa shape index (κ1) is 14.3. The molecule has 0 fully saturated rings. The third-order valence-electron chi connectivity index (χ3n) is 0.896. The van der Waals surface area contributed by atoms with Gasteiger partial charge < -0.3 is 4.43 Å². The molecule has 0 unspecified atom stereocenters. The summed E-state index contributed by atoms with van der Waals surface area (Å²) in [6.07, 6.45) is 0. The Bertz CT molecular complexity index is 87.6. The van der Waals surface area contributed by atoms with Gasteiger partial charge in [-0.15, -0.1) is 0 Å². The van der Waals surface area contributed by atoms with E-state index in [4.69, 9.17) is 4.43 Å². The Kier molecular flexibility index (Phi) is 6.13. The molecule has 1 radical (unpaired) electrons. The fourth-order valence-electron chi connectivity index (χ4n) is 0.412. The fourth-order valence-corrected chi connectivity index (χ4v) is 1.24. The predicted octanol–water partition coefficient (Wildman–Crippen LogP) is 2.05. The van der Waals surface area contributed by atoms with Crippen LogP contribution in [-0.2, 0) is 4.43 Å². The van der Waals surface area contributed by atoms with Crippen LogP contribution in [0.3, 0.4) is 0 Å². The molecule has 0 spiro atoms. The van der Waals surface area contributed by atoms with E-state index < -0.39 is 8.32 Å². The Balaban J connectivity index is 0. The van der Waals surface area contributed by atoms with Crippen molar-refractivity contribution in [1.82, 2.24) is 0 Å². The summed E-state index contributed by atoms with van der Waals surface area (Å²) in [6.45, 7) is 15.5. The van der Waals surface area contributed by atoms with Crippen LogP contribution in [0.5, 0.6) is 0 Å². The molecule has 0 heterocycles. The summed E-state index contributed by atoms with van der Waals surface area (Å²) in [4.78, 5) is 0. The van der Waals surface area contributed by atoms with Gasteiger partial charge in [0.1, 0.15) is 0 Å². The second-order valence-electron chi connectivity index (χ2n) is 4.57. The second-order valence-corrected chi connectivity index (χ2v) is 9.08. The first-order valence-corrected chi connectivity index (χ1v) is 7.11. The van der Waals surface area contributed by atoms with Gasteiger partial charge in [-0.25, -0.2) is 0 Å². The molecular weight excluding hydrogens is 147 g/mol. The van der Waals surface area contributed by atoms with E-state index in [9.17, 15) is 0 Å². The summed E-state index contributed by atoms with van der Waals surface area (Å²) in [5.74, 6) is 0. The summed E-state index contributed by atoms with van der Waals surface area (Å²) in [6, 6.07) is 0. The normalized spacial score (nSPS) is 12.5. The summed E-state index contributed by atoms with van der Waals surface area (Å²) in [5.41, 5.74) is 0.0697. The van der Waals surface area contributed by atoms with Gasteiger partial charge in [0.15, 0.2) is 8.32 Å². The summed E-state index contributed by atoms with van der Waals surface area (Å²) >= 11 is 0. The van der Waals surface area contributed by atoms with Crippen molar-refractivity contribution < 1.29 is 4.43 Å². The molecule has 63 valence electrons. The van der Waals surface area contributed by atoms with E-state index in [1.807, 2.05) is 0 Å². The van der Waals surface area contributed by atoms with Gasteiger partial charge in [0.25, 0.3) is 0 Å². The zero-order valence-corrected chi connectivity index (χ0v) is 8.82. The molecule has 0 saturated carbocycles. The molecule has 0 N–H and O–H groups in total. The van der Waals surface area contributed by atoms with Crippen molar-refractivity contribution in [2.75, 3.05) is 6.61 Å². The Morgan fingerprint density at radius 1 is 1.27 bits per heavy atom. The van der Waals surface area contributed by atoms with Crippen molar-refractivity contribution >= 4 is 27.2 Å². The molecule has 0 bridgehead atoms. The topological polar surface area (TPSA) is 9.23 Å².